The molecule has 0 bridgehead atoms. The Labute approximate surface area is 150 Å². The third kappa shape index (κ3) is 3.13. The van der Waals surface area contributed by atoms with Crippen molar-refractivity contribution in [1.29, 1.82) is 0 Å². The number of fused-ring (bicyclic) bond motifs is 1. The van der Waals surface area contributed by atoms with Crippen molar-refractivity contribution in [3.8, 4) is 11.3 Å². The summed E-state index contributed by atoms with van der Waals surface area (Å²) in [7, 11) is 0. The summed E-state index contributed by atoms with van der Waals surface area (Å²) >= 11 is 0. The SMILES string of the molecule is C[C@@H](O)c1cc2n(n1)CCCN(C(=O)c1cc(-c3ccccc3)on1)C2. The molecule has 0 aliphatic carbocycles. The lowest BCUT2D eigenvalue weighted by atomic mass is 10.1. The molecule has 2 aromatic heterocycles. The van der Waals surface area contributed by atoms with Crippen molar-refractivity contribution in [2.45, 2.75) is 32.5 Å². The van der Waals surface area contributed by atoms with E-state index in [0.717, 1.165) is 24.2 Å². The maximum Gasteiger partial charge on any atom is 0.276 e. The number of hydrogen-bond donors (Lipinski definition) is 1. The van der Waals surface area contributed by atoms with E-state index in [-0.39, 0.29) is 5.91 Å². The Hall–Kier alpha value is -2.93. The van der Waals surface area contributed by atoms with Gasteiger partial charge in [-0.15, -0.1) is 0 Å². The van der Waals surface area contributed by atoms with Gasteiger partial charge in [0.2, 0.25) is 0 Å². The molecule has 1 aromatic carbocycles. The maximum atomic E-state index is 12.9. The van der Waals surface area contributed by atoms with E-state index in [1.165, 1.54) is 0 Å². The van der Waals surface area contributed by atoms with E-state index in [0.29, 0.717) is 30.2 Å². The van der Waals surface area contributed by atoms with Crippen LogP contribution >= 0.6 is 0 Å². The Morgan fingerprint density at radius 2 is 2.04 bits per heavy atom. The normalized spacial score (nSPS) is 15.4. The summed E-state index contributed by atoms with van der Waals surface area (Å²) in [5.74, 6) is 0.411. The minimum atomic E-state index is -0.623. The predicted octanol–water partition coefficient (Wildman–Crippen LogP) is 2.64. The lowest BCUT2D eigenvalue weighted by molar-refractivity contribution is 0.0735. The fourth-order valence-corrected chi connectivity index (χ4v) is 3.14. The first-order valence-electron chi connectivity index (χ1n) is 8.68. The quantitative estimate of drug-likeness (QED) is 0.783. The molecule has 0 unspecified atom stereocenters. The number of aliphatic hydroxyl groups excluding tert-OH is 1. The third-order valence-corrected chi connectivity index (χ3v) is 4.54. The molecule has 1 atom stereocenters. The zero-order valence-corrected chi connectivity index (χ0v) is 14.5. The van der Waals surface area contributed by atoms with Gasteiger partial charge in [0, 0.05) is 24.7 Å². The zero-order chi connectivity index (χ0) is 18.1. The number of hydrogen-bond acceptors (Lipinski definition) is 5. The highest BCUT2D eigenvalue weighted by Crippen LogP contribution is 2.22. The van der Waals surface area contributed by atoms with Gasteiger partial charge in [0.25, 0.3) is 5.91 Å². The molecule has 1 aliphatic heterocycles. The van der Waals surface area contributed by atoms with Crippen LogP contribution < -0.4 is 0 Å². The molecule has 1 N–H and O–H groups in total. The van der Waals surface area contributed by atoms with E-state index in [1.54, 1.807) is 17.9 Å². The van der Waals surface area contributed by atoms with Gasteiger partial charge in [-0.05, 0) is 19.4 Å². The first-order valence-corrected chi connectivity index (χ1v) is 8.68. The molecule has 0 radical (unpaired) electrons. The average Bonchev–Trinajstić information content (AvgIpc) is 3.25. The second kappa shape index (κ2) is 6.76. The van der Waals surface area contributed by atoms with E-state index in [4.69, 9.17) is 4.52 Å². The summed E-state index contributed by atoms with van der Waals surface area (Å²) in [4.78, 5) is 14.6. The van der Waals surface area contributed by atoms with Crippen molar-refractivity contribution in [2.24, 2.45) is 0 Å². The fraction of sp³-hybridized carbons (Fsp3) is 0.316. The molecule has 3 heterocycles. The summed E-state index contributed by atoms with van der Waals surface area (Å²) in [6.45, 7) is 3.47. The number of carbonyl (C=O) groups excluding carboxylic acids is 1. The summed E-state index contributed by atoms with van der Waals surface area (Å²) in [5, 5.41) is 18.1. The highest BCUT2D eigenvalue weighted by Gasteiger charge is 2.25. The minimum absolute atomic E-state index is 0.163. The molecule has 7 heteroatoms. The number of carbonyl (C=O) groups is 1. The number of aliphatic hydroxyl groups is 1. The Morgan fingerprint density at radius 1 is 1.23 bits per heavy atom. The molecule has 134 valence electrons. The predicted molar refractivity (Wildman–Crippen MR) is 94.2 cm³/mol. The Kier molecular flexibility index (Phi) is 4.30. The standard InChI is InChI=1S/C19H20N4O3/c1-13(24)16-10-15-12-22(8-5-9-23(15)20-16)19(25)17-11-18(26-21-17)14-6-3-2-4-7-14/h2-4,6-7,10-11,13,24H,5,8-9,12H2,1H3/t13-/m1/s1. The second-order valence-corrected chi connectivity index (χ2v) is 6.48. The van der Waals surface area contributed by atoms with Crippen LogP contribution in [-0.2, 0) is 13.1 Å². The Balaban J connectivity index is 1.55. The molecule has 4 rings (SSSR count). The molecule has 0 saturated heterocycles. The summed E-state index contributed by atoms with van der Waals surface area (Å²) in [5.41, 5.74) is 2.72. The summed E-state index contributed by atoms with van der Waals surface area (Å²) < 4.78 is 7.22. The van der Waals surface area contributed by atoms with Gasteiger partial charge in [-0.2, -0.15) is 5.10 Å². The largest absolute Gasteiger partial charge is 0.387 e. The number of aromatic nitrogens is 3. The summed E-state index contributed by atoms with van der Waals surface area (Å²) in [6, 6.07) is 13.1. The van der Waals surface area contributed by atoms with Gasteiger partial charge in [0.1, 0.15) is 0 Å². The van der Waals surface area contributed by atoms with Crippen LogP contribution in [0.25, 0.3) is 11.3 Å². The number of amides is 1. The average molecular weight is 352 g/mol. The van der Waals surface area contributed by atoms with Crippen molar-refractivity contribution in [3.63, 3.8) is 0 Å². The van der Waals surface area contributed by atoms with Crippen LogP contribution in [0, 0.1) is 0 Å². The first kappa shape index (κ1) is 16.5. The van der Waals surface area contributed by atoms with Crippen molar-refractivity contribution < 1.29 is 14.4 Å². The third-order valence-electron chi connectivity index (χ3n) is 4.54. The molecule has 1 amide bonds. The fourth-order valence-electron chi connectivity index (χ4n) is 3.14. The van der Waals surface area contributed by atoms with E-state index < -0.39 is 6.10 Å². The van der Waals surface area contributed by atoms with Crippen LogP contribution in [0.15, 0.2) is 47.0 Å². The van der Waals surface area contributed by atoms with Crippen molar-refractivity contribution >= 4 is 5.91 Å². The highest BCUT2D eigenvalue weighted by molar-refractivity contribution is 5.93. The van der Waals surface area contributed by atoms with Gasteiger partial charge in [-0.25, -0.2) is 0 Å². The van der Waals surface area contributed by atoms with Crippen LogP contribution in [0.5, 0.6) is 0 Å². The number of benzene rings is 1. The summed E-state index contributed by atoms with van der Waals surface area (Å²) in [6.07, 6.45) is 0.172. The zero-order valence-electron chi connectivity index (χ0n) is 14.5. The van der Waals surface area contributed by atoms with Crippen LogP contribution in [0.4, 0.5) is 0 Å². The lowest BCUT2D eigenvalue weighted by Gasteiger charge is -2.18. The van der Waals surface area contributed by atoms with E-state index in [9.17, 15) is 9.90 Å². The molecule has 7 nitrogen and oxygen atoms in total. The Bertz CT molecular complexity index is 914. The van der Waals surface area contributed by atoms with Gasteiger partial charge in [0.15, 0.2) is 11.5 Å². The molecule has 0 saturated carbocycles. The molecule has 26 heavy (non-hydrogen) atoms. The van der Waals surface area contributed by atoms with Gasteiger partial charge in [-0.3, -0.25) is 9.48 Å². The molecule has 1 aliphatic rings. The van der Waals surface area contributed by atoms with E-state index >= 15 is 0 Å². The van der Waals surface area contributed by atoms with Crippen molar-refractivity contribution in [1.82, 2.24) is 19.8 Å². The van der Waals surface area contributed by atoms with Crippen LogP contribution in [0.2, 0.25) is 0 Å². The maximum absolute atomic E-state index is 12.9. The number of nitrogens with zero attached hydrogens (tertiary/aromatic N) is 4. The van der Waals surface area contributed by atoms with Crippen molar-refractivity contribution in [3.05, 3.63) is 59.5 Å². The van der Waals surface area contributed by atoms with Crippen molar-refractivity contribution in [2.75, 3.05) is 6.54 Å². The minimum Gasteiger partial charge on any atom is -0.387 e. The van der Waals surface area contributed by atoms with E-state index in [1.807, 2.05) is 41.1 Å². The Morgan fingerprint density at radius 3 is 2.81 bits per heavy atom. The second-order valence-electron chi connectivity index (χ2n) is 6.48. The van der Waals surface area contributed by atoms with Gasteiger partial charge < -0.3 is 14.5 Å². The molecule has 0 spiro atoms. The van der Waals surface area contributed by atoms with Crippen LogP contribution in [0.3, 0.4) is 0 Å². The van der Waals surface area contributed by atoms with Crippen LogP contribution in [0.1, 0.15) is 41.3 Å². The van der Waals surface area contributed by atoms with Gasteiger partial charge >= 0.3 is 0 Å². The first-order chi connectivity index (χ1) is 12.6. The van der Waals surface area contributed by atoms with Gasteiger partial charge in [0.05, 0.1) is 24.0 Å². The highest BCUT2D eigenvalue weighted by atomic mass is 16.5. The lowest BCUT2D eigenvalue weighted by Crippen LogP contribution is -2.30. The monoisotopic (exact) mass is 352 g/mol. The number of rotatable bonds is 3. The number of aryl methyl sites for hydroxylation is 1. The van der Waals surface area contributed by atoms with E-state index in [2.05, 4.69) is 10.3 Å². The van der Waals surface area contributed by atoms with Gasteiger partial charge in [-0.1, -0.05) is 35.5 Å². The smallest absolute Gasteiger partial charge is 0.276 e. The molecule has 0 fully saturated rings. The molecule has 3 aromatic rings. The topological polar surface area (TPSA) is 84.4 Å². The molecular formula is C19H20N4O3. The molecular weight excluding hydrogens is 332 g/mol. The van der Waals surface area contributed by atoms with Crippen LogP contribution in [-0.4, -0.2) is 37.4 Å².